The lowest BCUT2D eigenvalue weighted by Crippen LogP contribution is -2.51. The predicted molar refractivity (Wildman–Crippen MR) is 171 cm³/mol. The molecule has 11 heteroatoms. The summed E-state index contributed by atoms with van der Waals surface area (Å²) < 4.78 is 4.89. The minimum Gasteiger partial charge on any atom is -0.456 e. The molecule has 0 radical (unpaired) electrons. The number of ether oxygens (including phenoxy) is 1. The average molecular weight is 593 g/mol. The molecule has 0 saturated heterocycles. The van der Waals surface area contributed by atoms with E-state index in [2.05, 4.69) is 20.9 Å². The first-order chi connectivity index (χ1) is 20.6. The maximum atomic E-state index is 12.8. The Balaban J connectivity index is 0.000000901. The number of carbonyl (C=O) groups excluding carboxylic acids is 4. The van der Waals surface area contributed by atoms with Crippen molar-refractivity contribution >= 4 is 46.1 Å². The smallest absolute Gasteiger partial charge is 0.397 e. The molecule has 0 saturated carbocycles. The number of rotatable bonds is 10. The monoisotopic (exact) mass is 592 g/mol. The van der Waals surface area contributed by atoms with E-state index in [0.717, 1.165) is 29.3 Å². The van der Waals surface area contributed by atoms with E-state index >= 15 is 0 Å². The van der Waals surface area contributed by atoms with Gasteiger partial charge >= 0.3 is 11.9 Å². The van der Waals surface area contributed by atoms with Crippen molar-refractivity contribution in [2.45, 2.75) is 59.6 Å². The van der Waals surface area contributed by atoms with Crippen LogP contribution in [-0.4, -0.2) is 54.9 Å². The van der Waals surface area contributed by atoms with E-state index in [4.69, 9.17) is 16.2 Å². The van der Waals surface area contributed by atoms with Crippen LogP contribution in [0.25, 0.3) is 10.8 Å². The van der Waals surface area contributed by atoms with Crippen LogP contribution in [0.4, 0.5) is 5.69 Å². The Bertz CT molecular complexity index is 1340. The van der Waals surface area contributed by atoms with Gasteiger partial charge in [-0.3, -0.25) is 19.4 Å². The van der Waals surface area contributed by atoms with Gasteiger partial charge in [0.1, 0.15) is 6.04 Å². The Labute approximate surface area is 253 Å². The van der Waals surface area contributed by atoms with Crippen molar-refractivity contribution < 1.29 is 23.9 Å². The van der Waals surface area contributed by atoms with E-state index in [1.54, 1.807) is 44.2 Å². The molecule has 3 amide bonds. The summed E-state index contributed by atoms with van der Waals surface area (Å²) in [4.78, 5) is 53.0. The molecule has 0 spiro atoms. The Hall–Kier alpha value is -4.93. The maximum Gasteiger partial charge on any atom is 0.397 e. The van der Waals surface area contributed by atoms with E-state index in [0.29, 0.717) is 5.69 Å². The molecule has 0 heterocycles. The first kappa shape index (κ1) is 36.1. The standard InChI is InChI=1S/C26H27N3O5.C4H11N3.C2H6/c1-17(2)34-26(33)25(32)29-22(14-18-8-4-3-5-9-18)24(31)27-16-23(30)28-21-13-12-19-10-6-7-11-20(19)15-21;1-2-3-7-4(5)6;1-2/h3-13,15,17,22H,14,16H2,1-2H3,(H,27,31)(H,28,30)(H,29,32);2-3H2,1H3,(H4,5,6,7);1-2H3. The molecule has 3 aromatic rings. The number of guanidine groups is 1. The highest BCUT2D eigenvalue weighted by molar-refractivity contribution is 6.33. The van der Waals surface area contributed by atoms with Crippen LogP contribution >= 0.6 is 0 Å². The minimum atomic E-state index is -1.07. The Morgan fingerprint density at radius 1 is 0.884 bits per heavy atom. The van der Waals surface area contributed by atoms with E-state index in [1.807, 2.05) is 63.2 Å². The Kier molecular flexibility index (Phi) is 16.8. The van der Waals surface area contributed by atoms with Crippen molar-refractivity contribution in [3.63, 3.8) is 0 Å². The third kappa shape index (κ3) is 14.5. The summed E-state index contributed by atoms with van der Waals surface area (Å²) in [6.45, 7) is 9.69. The van der Waals surface area contributed by atoms with Crippen molar-refractivity contribution in [2.24, 2.45) is 16.5 Å². The number of hydrogen-bond donors (Lipinski definition) is 5. The van der Waals surface area contributed by atoms with Gasteiger partial charge in [-0.25, -0.2) is 4.79 Å². The third-order valence-corrected chi connectivity index (χ3v) is 5.41. The highest BCUT2D eigenvalue weighted by Crippen LogP contribution is 2.18. The largest absolute Gasteiger partial charge is 0.456 e. The van der Waals surface area contributed by atoms with Crippen LogP contribution in [0, 0.1) is 0 Å². The molecule has 7 N–H and O–H groups in total. The van der Waals surface area contributed by atoms with Gasteiger partial charge in [0, 0.05) is 18.7 Å². The van der Waals surface area contributed by atoms with Crippen molar-refractivity contribution in [1.82, 2.24) is 10.6 Å². The molecule has 0 aliphatic carbocycles. The SMILES string of the molecule is CC.CC(C)OC(=O)C(=O)NC(Cc1ccccc1)C(=O)NCC(=O)Nc1ccc2ccccc2c1.CCCN=C(N)N. The van der Waals surface area contributed by atoms with Gasteiger partial charge < -0.3 is 32.2 Å². The number of esters is 1. The predicted octanol–water partition coefficient (Wildman–Crippen LogP) is 3.27. The number of aliphatic imine (C=N–C) groups is 1. The van der Waals surface area contributed by atoms with Gasteiger partial charge in [0.25, 0.3) is 0 Å². The van der Waals surface area contributed by atoms with Gasteiger partial charge in [-0.05, 0) is 48.7 Å². The molecule has 1 unspecified atom stereocenters. The van der Waals surface area contributed by atoms with Crippen molar-refractivity contribution in [2.75, 3.05) is 18.4 Å². The molecular weight excluding hydrogens is 548 g/mol. The zero-order chi connectivity index (χ0) is 32.2. The number of fused-ring (bicyclic) bond motifs is 1. The molecule has 3 rings (SSSR count). The molecule has 232 valence electrons. The van der Waals surface area contributed by atoms with Crippen molar-refractivity contribution in [3.05, 3.63) is 78.4 Å². The first-order valence-electron chi connectivity index (χ1n) is 14.3. The number of hydrogen-bond acceptors (Lipinski definition) is 6. The van der Waals surface area contributed by atoms with Crippen molar-refractivity contribution in [1.29, 1.82) is 0 Å². The Morgan fingerprint density at radius 2 is 1.51 bits per heavy atom. The van der Waals surface area contributed by atoms with Gasteiger partial charge in [-0.2, -0.15) is 0 Å². The second-order valence-electron chi connectivity index (χ2n) is 9.30. The zero-order valence-electron chi connectivity index (χ0n) is 25.6. The van der Waals surface area contributed by atoms with Crippen LogP contribution in [0.5, 0.6) is 0 Å². The molecule has 0 bridgehead atoms. The molecule has 3 aromatic carbocycles. The number of nitrogens with two attached hydrogens (primary N) is 2. The van der Waals surface area contributed by atoms with E-state index < -0.39 is 35.8 Å². The molecule has 0 aliphatic rings. The van der Waals surface area contributed by atoms with Crippen LogP contribution in [0.2, 0.25) is 0 Å². The molecule has 11 nitrogen and oxygen atoms in total. The number of nitrogens with one attached hydrogen (secondary N) is 3. The number of amides is 3. The molecule has 0 aliphatic heterocycles. The van der Waals surface area contributed by atoms with Gasteiger partial charge in [0.05, 0.1) is 12.6 Å². The maximum absolute atomic E-state index is 12.8. The lowest BCUT2D eigenvalue weighted by atomic mass is 10.1. The molecule has 0 aromatic heterocycles. The number of nitrogens with zero attached hydrogens (tertiary/aromatic N) is 1. The Morgan fingerprint density at radius 3 is 2.09 bits per heavy atom. The van der Waals surface area contributed by atoms with E-state index in [9.17, 15) is 19.2 Å². The van der Waals surface area contributed by atoms with Crippen LogP contribution in [-0.2, 0) is 30.3 Å². The zero-order valence-corrected chi connectivity index (χ0v) is 25.6. The van der Waals surface area contributed by atoms with Crippen LogP contribution in [0.15, 0.2) is 77.8 Å². The van der Waals surface area contributed by atoms with Gasteiger partial charge in [0.15, 0.2) is 5.96 Å². The summed E-state index contributed by atoms with van der Waals surface area (Å²) in [5.41, 5.74) is 11.4. The first-order valence-corrected chi connectivity index (χ1v) is 14.3. The van der Waals surface area contributed by atoms with Crippen molar-refractivity contribution in [3.8, 4) is 0 Å². The topological polar surface area (TPSA) is 178 Å². The molecular formula is C32H44N6O5. The minimum absolute atomic E-state index is 0.139. The number of anilines is 1. The third-order valence-electron chi connectivity index (χ3n) is 5.41. The lowest BCUT2D eigenvalue weighted by Gasteiger charge is -2.18. The van der Waals surface area contributed by atoms with E-state index in [-0.39, 0.29) is 18.9 Å². The molecule has 43 heavy (non-hydrogen) atoms. The normalized spacial score (nSPS) is 10.6. The molecule has 0 fully saturated rings. The highest BCUT2D eigenvalue weighted by Gasteiger charge is 2.26. The number of carbonyl (C=O) groups is 4. The van der Waals surface area contributed by atoms with Crippen LogP contribution < -0.4 is 27.4 Å². The van der Waals surface area contributed by atoms with Crippen LogP contribution in [0.1, 0.15) is 46.6 Å². The highest BCUT2D eigenvalue weighted by atomic mass is 16.5. The van der Waals surface area contributed by atoms with Crippen LogP contribution in [0.3, 0.4) is 0 Å². The van der Waals surface area contributed by atoms with Gasteiger partial charge in [-0.1, -0.05) is 81.4 Å². The summed E-state index contributed by atoms with van der Waals surface area (Å²) in [5, 5.41) is 9.70. The van der Waals surface area contributed by atoms with Gasteiger partial charge in [0.2, 0.25) is 11.8 Å². The number of benzene rings is 3. The van der Waals surface area contributed by atoms with E-state index in [1.165, 1.54) is 0 Å². The summed E-state index contributed by atoms with van der Waals surface area (Å²) in [6, 6.07) is 21.2. The second kappa shape index (κ2) is 20.0. The summed E-state index contributed by atoms with van der Waals surface area (Å²) in [7, 11) is 0. The quantitative estimate of drug-likeness (QED) is 0.104. The summed E-state index contributed by atoms with van der Waals surface area (Å²) in [5.74, 6) is -2.93. The lowest BCUT2D eigenvalue weighted by molar-refractivity contribution is -0.158. The molecule has 1 atom stereocenters. The average Bonchev–Trinajstić information content (AvgIpc) is 3.00. The summed E-state index contributed by atoms with van der Waals surface area (Å²) >= 11 is 0. The fourth-order valence-corrected chi connectivity index (χ4v) is 3.55. The fraction of sp³-hybridized carbons (Fsp3) is 0.344. The fourth-order valence-electron chi connectivity index (χ4n) is 3.55. The van der Waals surface area contributed by atoms with Gasteiger partial charge in [-0.15, -0.1) is 0 Å². The summed E-state index contributed by atoms with van der Waals surface area (Å²) in [6.07, 6.45) is 0.663. The second-order valence-corrected chi connectivity index (χ2v) is 9.30.